The van der Waals surface area contributed by atoms with Gasteiger partial charge in [-0.3, -0.25) is 4.79 Å². The van der Waals surface area contributed by atoms with Crippen LogP contribution in [0.4, 0.5) is 0 Å². The van der Waals surface area contributed by atoms with Gasteiger partial charge < -0.3 is 15.6 Å². The predicted octanol–water partition coefficient (Wildman–Crippen LogP) is -0.826. The first-order valence-corrected chi connectivity index (χ1v) is 7.47. The zero-order chi connectivity index (χ0) is 15.9. The molecule has 0 saturated heterocycles. The first-order chi connectivity index (χ1) is 10.6. The van der Waals surface area contributed by atoms with Crippen molar-refractivity contribution in [3.63, 3.8) is 0 Å². The molecular weight excluding hydrogens is 306 g/mol. The zero-order valence-corrected chi connectivity index (χ0v) is 12.4. The number of carbonyl (C=O) groups excluding carboxylic acids is 2. The third-order valence-corrected chi connectivity index (χ3v) is 3.90. The molecule has 1 heterocycles. The zero-order valence-electron chi connectivity index (χ0n) is 11.6. The van der Waals surface area contributed by atoms with Gasteiger partial charge in [0.1, 0.15) is 0 Å². The minimum Gasteiger partial charge on any atom is -0.550 e. The van der Waals surface area contributed by atoms with Crippen molar-refractivity contribution < 1.29 is 14.7 Å². The van der Waals surface area contributed by atoms with Gasteiger partial charge in [0, 0.05) is 11.9 Å². The summed E-state index contributed by atoms with van der Waals surface area (Å²) >= 11 is 1.11. The van der Waals surface area contributed by atoms with E-state index >= 15 is 0 Å². The van der Waals surface area contributed by atoms with Crippen molar-refractivity contribution in [1.82, 2.24) is 20.2 Å². The maximum atomic E-state index is 11.0. The Morgan fingerprint density at radius 3 is 2.68 bits per heavy atom. The molecule has 2 N–H and O–H groups in total. The van der Waals surface area contributed by atoms with Gasteiger partial charge in [0.2, 0.25) is 11.1 Å². The number of carboxylic acids is 1. The predicted molar refractivity (Wildman–Crippen MR) is 76.5 cm³/mol. The Bertz CT molecular complexity index is 646. The van der Waals surface area contributed by atoms with Crippen LogP contribution in [-0.4, -0.2) is 37.8 Å². The maximum Gasteiger partial charge on any atom is 0.227 e. The number of carboxylic acid groups (broad SMARTS) is 1. The molecule has 1 amide bonds. The number of thioether (sulfide) groups is 1. The Hall–Kier alpha value is -2.42. The van der Waals surface area contributed by atoms with E-state index in [0.717, 1.165) is 17.3 Å². The highest BCUT2D eigenvalue weighted by Crippen LogP contribution is 2.23. The van der Waals surface area contributed by atoms with Crippen LogP contribution in [0.2, 0.25) is 0 Å². The molecule has 1 unspecified atom stereocenters. The fraction of sp³-hybridized carbons (Fsp3) is 0.308. The first kappa shape index (κ1) is 16.0. The number of nitrogens with zero attached hydrogens (tertiary/aromatic N) is 4. The summed E-state index contributed by atoms with van der Waals surface area (Å²) in [6.07, 6.45) is -0.149. The number of primary amides is 1. The van der Waals surface area contributed by atoms with Crippen LogP contribution in [0.3, 0.4) is 0 Å². The summed E-state index contributed by atoms with van der Waals surface area (Å²) in [4.78, 5) is 21.8. The van der Waals surface area contributed by atoms with Gasteiger partial charge in [-0.15, -0.1) is 5.10 Å². The molecule has 116 valence electrons. The Balaban J connectivity index is 2.15. The normalized spacial score (nSPS) is 12.0. The monoisotopic (exact) mass is 320 g/mol. The number of rotatable bonds is 8. The standard InChI is InChI=1S/C13H15N5O3S/c14-11(19)8-22-13-15-16-17-18(13)7-10(6-12(20)21)9-4-2-1-3-5-9/h1-5,10H,6-8H2,(H2,14,19)(H,20,21)/p-1. The lowest BCUT2D eigenvalue weighted by Crippen LogP contribution is -2.26. The third kappa shape index (κ3) is 4.55. The van der Waals surface area contributed by atoms with Crippen molar-refractivity contribution in [2.45, 2.75) is 24.0 Å². The van der Waals surface area contributed by atoms with Gasteiger partial charge in [0.05, 0.1) is 12.3 Å². The van der Waals surface area contributed by atoms with Crippen LogP contribution in [0.5, 0.6) is 0 Å². The minimum atomic E-state index is -1.15. The second-order valence-electron chi connectivity index (χ2n) is 4.58. The lowest BCUT2D eigenvalue weighted by atomic mass is 9.96. The number of benzene rings is 1. The topological polar surface area (TPSA) is 127 Å². The minimum absolute atomic E-state index is 0.0524. The molecule has 1 aromatic carbocycles. The summed E-state index contributed by atoms with van der Waals surface area (Å²) in [6.45, 7) is 0.270. The van der Waals surface area contributed by atoms with Gasteiger partial charge in [0.25, 0.3) is 0 Å². The SMILES string of the molecule is NC(=O)CSc1nnnn1CC(CC(=O)[O-])c1ccccc1. The molecule has 0 radical (unpaired) electrons. The second-order valence-corrected chi connectivity index (χ2v) is 5.52. The quantitative estimate of drug-likeness (QED) is 0.629. The molecule has 0 saturated carbocycles. The number of carbonyl (C=O) groups is 2. The van der Waals surface area contributed by atoms with Crippen molar-refractivity contribution in [3.05, 3.63) is 35.9 Å². The van der Waals surface area contributed by atoms with E-state index in [-0.39, 0.29) is 24.6 Å². The largest absolute Gasteiger partial charge is 0.550 e. The number of hydrogen-bond donors (Lipinski definition) is 1. The van der Waals surface area contributed by atoms with Crippen LogP contribution in [0, 0.1) is 0 Å². The van der Waals surface area contributed by atoms with E-state index in [1.165, 1.54) is 4.68 Å². The molecular formula is C13H14N5O3S-. The van der Waals surface area contributed by atoms with Crippen LogP contribution in [0.1, 0.15) is 17.9 Å². The fourth-order valence-electron chi connectivity index (χ4n) is 1.97. The van der Waals surface area contributed by atoms with E-state index in [1.807, 2.05) is 30.3 Å². The highest BCUT2D eigenvalue weighted by molar-refractivity contribution is 7.99. The number of aliphatic carboxylic acids is 1. The summed E-state index contributed by atoms with van der Waals surface area (Å²) in [5.74, 6) is -1.90. The van der Waals surface area contributed by atoms with Gasteiger partial charge in [-0.1, -0.05) is 42.1 Å². The average Bonchev–Trinajstić information content (AvgIpc) is 2.92. The van der Waals surface area contributed by atoms with Gasteiger partial charge in [-0.2, -0.15) is 0 Å². The van der Waals surface area contributed by atoms with Crippen LogP contribution in [0.15, 0.2) is 35.5 Å². The second kappa shape index (κ2) is 7.55. The van der Waals surface area contributed by atoms with Crippen molar-refractivity contribution in [2.75, 3.05) is 5.75 Å². The highest BCUT2D eigenvalue weighted by Gasteiger charge is 2.17. The molecule has 8 nitrogen and oxygen atoms in total. The number of nitrogens with two attached hydrogens (primary N) is 1. The molecule has 9 heteroatoms. The molecule has 0 aliphatic heterocycles. The Morgan fingerprint density at radius 1 is 1.32 bits per heavy atom. The summed E-state index contributed by atoms with van der Waals surface area (Å²) in [5, 5.41) is 22.6. The van der Waals surface area contributed by atoms with Gasteiger partial charge in [-0.05, 0) is 22.4 Å². The molecule has 1 aromatic heterocycles. The molecule has 0 aliphatic rings. The van der Waals surface area contributed by atoms with E-state index < -0.39 is 11.9 Å². The molecule has 0 spiro atoms. The van der Waals surface area contributed by atoms with E-state index in [9.17, 15) is 14.7 Å². The molecule has 0 bridgehead atoms. The Labute approximate surface area is 130 Å². The van der Waals surface area contributed by atoms with Crippen molar-refractivity contribution in [3.8, 4) is 0 Å². The lowest BCUT2D eigenvalue weighted by Gasteiger charge is -2.18. The van der Waals surface area contributed by atoms with E-state index in [0.29, 0.717) is 5.16 Å². The van der Waals surface area contributed by atoms with Crippen molar-refractivity contribution in [1.29, 1.82) is 0 Å². The van der Waals surface area contributed by atoms with Crippen molar-refractivity contribution >= 4 is 23.6 Å². The lowest BCUT2D eigenvalue weighted by molar-refractivity contribution is -0.306. The van der Waals surface area contributed by atoms with E-state index in [4.69, 9.17) is 5.73 Å². The van der Waals surface area contributed by atoms with Crippen LogP contribution in [0.25, 0.3) is 0 Å². The highest BCUT2D eigenvalue weighted by atomic mass is 32.2. The Morgan fingerprint density at radius 2 is 2.05 bits per heavy atom. The first-order valence-electron chi connectivity index (χ1n) is 6.48. The smallest absolute Gasteiger partial charge is 0.227 e. The van der Waals surface area contributed by atoms with Crippen LogP contribution in [-0.2, 0) is 16.1 Å². The maximum absolute atomic E-state index is 11.0. The van der Waals surface area contributed by atoms with Gasteiger partial charge >= 0.3 is 0 Å². The molecule has 2 aromatic rings. The number of amides is 1. The summed E-state index contributed by atoms with van der Waals surface area (Å²) < 4.78 is 1.47. The van der Waals surface area contributed by atoms with Crippen LogP contribution < -0.4 is 10.8 Å². The fourth-order valence-corrected chi connectivity index (χ4v) is 2.60. The average molecular weight is 320 g/mol. The van der Waals surface area contributed by atoms with E-state index in [2.05, 4.69) is 15.5 Å². The molecule has 0 aliphatic carbocycles. The van der Waals surface area contributed by atoms with Crippen LogP contribution >= 0.6 is 11.8 Å². The summed E-state index contributed by atoms with van der Waals surface area (Å²) in [7, 11) is 0. The van der Waals surface area contributed by atoms with Gasteiger partial charge in [-0.25, -0.2) is 4.68 Å². The third-order valence-electron chi connectivity index (χ3n) is 2.92. The van der Waals surface area contributed by atoms with E-state index in [1.54, 1.807) is 0 Å². The summed E-state index contributed by atoms with van der Waals surface area (Å²) in [6, 6.07) is 9.20. The molecule has 22 heavy (non-hydrogen) atoms. The Kier molecular flexibility index (Phi) is 5.48. The van der Waals surface area contributed by atoms with Gasteiger partial charge in [0.15, 0.2) is 0 Å². The molecule has 0 fully saturated rings. The molecule has 2 rings (SSSR count). The molecule has 1 atom stereocenters. The van der Waals surface area contributed by atoms with Crippen molar-refractivity contribution in [2.24, 2.45) is 5.73 Å². The number of aromatic nitrogens is 4. The number of hydrogen-bond acceptors (Lipinski definition) is 7. The number of tetrazole rings is 1. The summed E-state index contributed by atoms with van der Waals surface area (Å²) in [5.41, 5.74) is 5.95.